The van der Waals surface area contributed by atoms with Crippen LogP contribution in [0.1, 0.15) is 29.8 Å². The molecule has 3 aromatic rings. The molecular weight excluding hydrogens is 362 g/mol. The summed E-state index contributed by atoms with van der Waals surface area (Å²) < 4.78 is 0. The molecule has 2 amide bonds. The van der Waals surface area contributed by atoms with Crippen molar-refractivity contribution in [1.82, 2.24) is 15.6 Å². The number of carbonyl (C=O) groups is 2. The fourth-order valence-electron chi connectivity index (χ4n) is 2.96. The maximum absolute atomic E-state index is 12.7. The Morgan fingerprint density at radius 3 is 2.44 bits per heavy atom. The van der Waals surface area contributed by atoms with Crippen molar-refractivity contribution in [3.05, 3.63) is 70.9 Å². The zero-order valence-corrected chi connectivity index (χ0v) is 16.0. The van der Waals surface area contributed by atoms with Crippen LogP contribution in [0.3, 0.4) is 0 Å². The second-order valence-corrected chi connectivity index (χ2v) is 7.20. The van der Waals surface area contributed by atoms with E-state index in [0.717, 1.165) is 16.5 Å². The molecule has 1 aromatic heterocycles. The Hall–Kier alpha value is -2.79. The van der Waals surface area contributed by atoms with Crippen LogP contribution in [0.15, 0.2) is 54.7 Å². The molecule has 0 bridgehead atoms. The molecule has 0 aliphatic heterocycles. The number of hydrogen-bond donors (Lipinski definition) is 3. The first kappa shape index (κ1) is 19.0. The summed E-state index contributed by atoms with van der Waals surface area (Å²) in [7, 11) is 0. The van der Waals surface area contributed by atoms with Gasteiger partial charge in [0.15, 0.2) is 0 Å². The Kier molecular flexibility index (Phi) is 5.81. The molecule has 0 aliphatic rings. The van der Waals surface area contributed by atoms with Crippen LogP contribution < -0.4 is 10.6 Å². The summed E-state index contributed by atoms with van der Waals surface area (Å²) in [6.07, 6.45) is 2.27. The van der Waals surface area contributed by atoms with Gasteiger partial charge < -0.3 is 15.6 Å². The first-order valence-corrected chi connectivity index (χ1v) is 9.23. The van der Waals surface area contributed by atoms with Crippen molar-refractivity contribution in [1.29, 1.82) is 0 Å². The summed E-state index contributed by atoms with van der Waals surface area (Å²) in [6.45, 7) is 3.78. The molecule has 1 heterocycles. The highest BCUT2D eigenvalue weighted by Gasteiger charge is 2.23. The number of amides is 2. The van der Waals surface area contributed by atoms with Crippen molar-refractivity contribution >= 4 is 34.3 Å². The summed E-state index contributed by atoms with van der Waals surface area (Å²) in [6, 6.07) is 13.8. The van der Waals surface area contributed by atoms with Gasteiger partial charge in [-0.15, -0.1) is 0 Å². The normalized spacial score (nSPS) is 12.1. The molecule has 6 heteroatoms. The predicted octanol–water partition coefficient (Wildman–Crippen LogP) is 3.69. The Morgan fingerprint density at radius 2 is 1.74 bits per heavy atom. The quantitative estimate of drug-likeness (QED) is 0.607. The van der Waals surface area contributed by atoms with Crippen molar-refractivity contribution in [3.63, 3.8) is 0 Å². The topological polar surface area (TPSA) is 74.0 Å². The number of para-hydroxylation sites is 1. The number of fused-ring (bicyclic) bond motifs is 1. The summed E-state index contributed by atoms with van der Waals surface area (Å²) in [5, 5.41) is 7.33. The number of nitrogens with one attached hydrogen (secondary N) is 3. The summed E-state index contributed by atoms with van der Waals surface area (Å²) >= 11 is 5.88. The van der Waals surface area contributed by atoms with Gasteiger partial charge in [0.25, 0.3) is 5.91 Å². The average Bonchev–Trinajstić information content (AvgIpc) is 3.04. The first-order chi connectivity index (χ1) is 12.9. The van der Waals surface area contributed by atoms with E-state index in [9.17, 15) is 9.59 Å². The van der Waals surface area contributed by atoms with E-state index in [-0.39, 0.29) is 17.9 Å². The minimum absolute atomic E-state index is 0.0181. The molecule has 2 aromatic carbocycles. The number of benzene rings is 2. The van der Waals surface area contributed by atoms with Gasteiger partial charge in [0, 0.05) is 40.1 Å². The molecular formula is C21H22ClN3O2. The van der Waals surface area contributed by atoms with Gasteiger partial charge >= 0.3 is 0 Å². The molecule has 3 rings (SSSR count). The summed E-state index contributed by atoms with van der Waals surface area (Å²) in [5.74, 6) is -0.520. The summed E-state index contributed by atoms with van der Waals surface area (Å²) in [5.41, 5.74) is 2.44. The van der Waals surface area contributed by atoms with Gasteiger partial charge in [-0.05, 0) is 49.7 Å². The second-order valence-electron chi connectivity index (χ2n) is 6.76. The fraction of sp³-hybridized carbons (Fsp3) is 0.238. The molecule has 140 valence electrons. The SMILES string of the molecule is CC(C)NC(=O)[C@H](Cc1c[nH]c2ccccc12)NC(=O)c1ccc(Cl)cc1. The molecule has 0 saturated heterocycles. The van der Waals surface area contributed by atoms with Crippen molar-refractivity contribution in [2.45, 2.75) is 32.4 Å². The smallest absolute Gasteiger partial charge is 0.251 e. The zero-order valence-electron chi connectivity index (χ0n) is 15.3. The first-order valence-electron chi connectivity index (χ1n) is 8.86. The minimum Gasteiger partial charge on any atom is -0.361 e. The Balaban J connectivity index is 1.83. The Bertz CT molecular complexity index is 947. The highest BCUT2D eigenvalue weighted by Crippen LogP contribution is 2.19. The van der Waals surface area contributed by atoms with E-state index in [4.69, 9.17) is 11.6 Å². The van der Waals surface area contributed by atoms with Gasteiger partial charge in [-0.1, -0.05) is 29.8 Å². The number of H-pyrrole nitrogens is 1. The van der Waals surface area contributed by atoms with Crippen molar-refractivity contribution in [2.24, 2.45) is 0 Å². The molecule has 0 aliphatic carbocycles. The average molecular weight is 384 g/mol. The third-order valence-corrected chi connectivity index (χ3v) is 4.51. The molecule has 0 saturated carbocycles. The number of halogens is 1. The van der Waals surface area contributed by atoms with E-state index in [1.54, 1.807) is 24.3 Å². The molecule has 5 nitrogen and oxygen atoms in total. The van der Waals surface area contributed by atoms with E-state index < -0.39 is 6.04 Å². The van der Waals surface area contributed by atoms with E-state index in [1.165, 1.54) is 0 Å². The second kappa shape index (κ2) is 8.27. The van der Waals surface area contributed by atoms with Crippen LogP contribution in [0.2, 0.25) is 5.02 Å². The zero-order chi connectivity index (χ0) is 19.4. The van der Waals surface area contributed by atoms with Gasteiger partial charge in [0.2, 0.25) is 5.91 Å². The van der Waals surface area contributed by atoms with Crippen LogP contribution in [0.4, 0.5) is 0 Å². The van der Waals surface area contributed by atoms with Gasteiger partial charge in [-0.25, -0.2) is 0 Å². The third-order valence-electron chi connectivity index (χ3n) is 4.26. The van der Waals surface area contributed by atoms with Gasteiger partial charge in [-0.3, -0.25) is 9.59 Å². The van der Waals surface area contributed by atoms with E-state index >= 15 is 0 Å². The highest BCUT2D eigenvalue weighted by molar-refractivity contribution is 6.30. The lowest BCUT2D eigenvalue weighted by Crippen LogP contribution is -2.49. The molecule has 0 unspecified atom stereocenters. The van der Waals surface area contributed by atoms with Gasteiger partial charge in [0.1, 0.15) is 6.04 Å². The monoisotopic (exact) mass is 383 g/mol. The lowest BCUT2D eigenvalue weighted by atomic mass is 10.0. The van der Waals surface area contributed by atoms with Crippen LogP contribution in [0.5, 0.6) is 0 Å². The summed E-state index contributed by atoms with van der Waals surface area (Å²) in [4.78, 5) is 28.5. The lowest BCUT2D eigenvalue weighted by molar-refractivity contribution is -0.123. The van der Waals surface area contributed by atoms with Gasteiger partial charge in [0.05, 0.1) is 0 Å². The van der Waals surface area contributed by atoms with Crippen LogP contribution in [0.25, 0.3) is 10.9 Å². The molecule has 1 atom stereocenters. The van der Waals surface area contributed by atoms with Crippen molar-refractivity contribution < 1.29 is 9.59 Å². The number of aromatic amines is 1. The number of hydrogen-bond acceptors (Lipinski definition) is 2. The lowest BCUT2D eigenvalue weighted by Gasteiger charge is -2.20. The number of aromatic nitrogens is 1. The molecule has 0 radical (unpaired) electrons. The molecule has 0 fully saturated rings. The Labute approximate surface area is 163 Å². The molecule has 27 heavy (non-hydrogen) atoms. The highest BCUT2D eigenvalue weighted by atomic mass is 35.5. The van der Waals surface area contributed by atoms with Gasteiger partial charge in [-0.2, -0.15) is 0 Å². The van der Waals surface area contributed by atoms with E-state index in [2.05, 4.69) is 15.6 Å². The van der Waals surface area contributed by atoms with Crippen LogP contribution in [-0.2, 0) is 11.2 Å². The number of rotatable bonds is 6. The molecule has 0 spiro atoms. The number of carbonyl (C=O) groups excluding carboxylic acids is 2. The fourth-order valence-corrected chi connectivity index (χ4v) is 3.08. The van der Waals surface area contributed by atoms with E-state index in [0.29, 0.717) is 17.0 Å². The maximum atomic E-state index is 12.7. The maximum Gasteiger partial charge on any atom is 0.251 e. The van der Waals surface area contributed by atoms with Crippen molar-refractivity contribution in [3.8, 4) is 0 Å². The molecule has 3 N–H and O–H groups in total. The minimum atomic E-state index is -0.685. The van der Waals surface area contributed by atoms with Crippen LogP contribution in [-0.4, -0.2) is 28.9 Å². The van der Waals surface area contributed by atoms with Crippen molar-refractivity contribution in [2.75, 3.05) is 0 Å². The van der Waals surface area contributed by atoms with Crippen LogP contribution >= 0.6 is 11.6 Å². The Morgan fingerprint density at radius 1 is 1.04 bits per heavy atom. The predicted molar refractivity (Wildman–Crippen MR) is 108 cm³/mol. The van der Waals surface area contributed by atoms with Crippen LogP contribution in [0, 0.1) is 0 Å². The standard InChI is InChI=1S/C21H22ClN3O2/c1-13(2)24-21(27)19(25-20(26)14-7-9-16(22)10-8-14)11-15-12-23-18-6-4-3-5-17(15)18/h3-10,12-13,19,23H,11H2,1-2H3,(H,24,27)(H,25,26)/t19-/m0/s1. The third kappa shape index (κ3) is 4.68. The largest absolute Gasteiger partial charge is 0.361 e. The van der Waals surface area contributed by atoms with E-state index in [1.807, 2.05) is 44.3 Å².